The zero-order valence-electron chi connectivity index (χ0n) is 8.07. The molecule has 1 heterocycles. The maximum Gasteiger partial charge on any atom is 0.413 e. The average Bonchev–Trinajstić information content (AvgIpc) is 2.43. The summed E-state index contributed by atoms with van der Waals surface area (Å²) in [5.74, 6) is 0. The van der Waals surface area contributed by atoms with Gasteiger partial charge in [0.2, 0.25) is 0 Å². The third-order valence-electron chi connectivity index (χ3n) is 1.65. The first-order valence-corrected chi connectivity index (χ1v) is 5.75. The number of halogens is 5. The van der Waals surface area contributed by atoms with E-state index in [2.05, 4.69) is 10.3 Å². The molecule has 0 radical (unpaired) electrons. The second-order valence-corrected chi connectivity index (χ2v) is 5.31. The van der Waals surface area contributed by atoms with Gasteiger partial charge in [-0.2, -0.15) is 18.7 Å². The van der Waals surface area contributed by atoms with Gasteiger partial charge in [-0.15, -0.1) is 11.3 Å². The first kappa shape index (κ1) is 14.1. The summed E-state index contributed by atoms with van der Waals surface area (Å²) in [4.78, 5) is 4.31. The molecule has 2 nitrogen and oxygen atoms in total. The number of alkyl halides is 3. The van der Waals surface area contributed by atoms with Crippen molar-refractivity contribution in [2.24, 2.45) is 0 Å². The van der Waals surface area contributed by atoms with Crippen LogP contribution in [0.5, 0.6) is 0 Å². The van der Waals surface area contributed by atoms with Crippen molar-refractivity contribution in [2.75, 3.05) is 6.61 Å². The van der Waals surface area contributed by atoms with Crippen LogP contribution < -0.4 is 5.48 Å². The summed E-state index contributed by atoms with van der Waals surface area (Å²) in [5, 5.41) is 0. The third kappa shape index (κ3) is 4.47. The molecule has 8 heteroatoms. The van der Waals surface area contributed by atoms with E-state index in [9.17, 15) is 13.2 Å². The van der Waals surface area contributed by atoms with E-state index in [0.717, 1.165) is 11.3 Å². The van der Waals surface area contributed by atoms with Crippen LogP contribution in [0.25, 0.3) is 0 Å². The number of rotatable bonds is 4. The Morgan fingerprint density at radius 2 is 2.12 bits per heavy atom. The molecule has 0 amide bonds. The van der Waals surface area contributed by atoms with Gasteiger partial charge in [0.25, 0.3) is 0 Å². The summed E-state index contributed by atoms with van der Waals surface area (Å²) in [7, 11) is 0. The highest BCUT2D eigenvalue weighted by Crippen LogP contribution is 2.34. The van der Waals surface area contributed by atoms with Crippen molar-refractivity contribution in [2.45, 2.75) is 19.1 Å². The van der Waals surface area contributed by atoms with Crippen molar-refractivity contribution in [3.63, 3.8) is 0 Å². The number of hydrogen-bond acceptors (Lipinski definition) is 3. The van der Waals surface area contributed by atoms with E-state index in [1.54, 1.807) is 13.0 Å². The topological polar surface area (TPSA) is 21.3 Å². The standard InChI is InChI=1S/C8H8Cl2F3NOS/c1-4(14-15-3-8(11,12)13)5-2-6(9)16-7(5)10/h2,4,14H,3H2,1H3. The molecule has 1 rings (SSSR count). The van der Waals surface area contributed by atoms with E-state index in [1.807, 2.05) is 0 Å². The molecule has 0 aliphatic carbocycles. The lowest BCUT2D eigenvalue weighted by Gasteiger charge is -2.14. The molecule has 1 atom stereocenters. The first-order chi connectivity index (χ1) is 7.29. The van der Waals surface area contributed by atoms with E-state index in [0.29, 0.717) is 14.2 Å². The summed E-state index contributed by atoms with van der Waals surface area (Å²) in [6, 6.07) is 1.13. The van der Waals surface area contributed by atoms with Gasteiger partial charge in [-0.3, -0.25) is 4.84 Å². The fraction of sp³-hybridized carbons (Fsp3) is 0.500. The Balaban J connectivity index is 2.47. The molecular weight excluding hydrogens is 286 g/mol. The van der Waals surface area contributed by atoms with Gasteiger partial charge in [-0.1, -0.05) is 23.2 Å². The van der Waals surface area contributed by atoms with Crippen LogP contribution in [-0.2, 0) is 4.84 Å². The highest BCUT2D eigenvalue weighted by molar-refractivity contribution is 7.20. The number of nitrogens with one attached hydrogen (secondary N) is 1. The largest absolute Gasteiger partial charge is 0.413 e. The minimum absolute atomic E-state index is 0.431. The molecule has 0 bridgehead atoms. The van der Waals surface area contributed by atoms with E-state index >= 15 is 0 Å². The second-order valence-electron chi connectivity index (χ2n) is 3.02. The molecule has 1 N–H and O–H groups in total. The minimum Gasteiger partial charge on any atom is -0.292 e. The van der Waals surface area contributed by atoms with Crippen LogP contribution in [0.1, 0.15) is 18.5 Å². The summed E-state index contributed by atoms with van der Waals surface area (Å²) in [6.07, 6.45) is -4.36. The molecule has 0 aromatic carbocycles. The van der Waals surface area contributed by atoms with Gasteiger partial charge in [-0.25, -0.2) is 0 Å². The Bertz CT molecular complexity index is 356. The highest BCUT2D eigenvalue weighted by Gasteiger charge is 2.28. The Kier molecular flexibility index (Phi) is 4.88. The molecule has 0 aliphatic rings. The Hall–Kier alpha value is -0.0100. The molecule has 16 heavy (non-hydrogen) atoms. The van der Waals surface area contributed by atoms with Crippen molar-refractivity contribution < 1.29 is 18.0 Å². The molecular formula is C8H8Cl2F3NOS. The Morgan fingerprint density at radius 1 is 1.50 bits per heavy atom. The zero-order valence-corrected chi connectivity index (χ0v) is 10.4. The molecule has 1 unspecified atom stereocenters. The predicted octanol–water partition coefficient (Wildman–Crippen LogP) is 4.20. The lowest BCUT2D eigenvalue weighted by atomic mass is 10.2. The molecule has 1 aromatic heterocycles. The summed E-state index contributed by atoms with van der Waals surface area (Å²) < 4.78 is 36.3. The predicted molar refractivity (Wildman–Crippen MR) is 57.9 cm³/mol. The van der Waals surface area contributed by atoms with Crippen molar-refractivity contribution in [3.8, 4) is 0 Å². The average molecular weight is 294 g/mol. The Labute approximate surface area is 104 Å². The van der Waals surface area contributed by atoms with Crippen LogP contribution in [0.3, 0.4) is 0 Å². The number of hydroxylamine groups is 1. The van der Waals surface area contributed by atoms with Crippen LogP contribution in [0.2, 0.25) is 8.67 Å². The minimum atomic E-state index is -4.36. The molecule has 92 valence electrons. The number of hydrogen-bond donors (Lipinski definition) is 1. The van der Waals surface area contributed by atoms with Crippen molar-refractivity contribution in [1.29, 1.82) is 0 Å². The second kappa shape index (κ2) is 5.55. The zero-order chi connectivity index (χ0) is 12.3. The highest BCUT2D eigenvalue weighted by atomic mass is 35.5. The molecule has 0 fully saturated rings. The van der Waals surface area contributed by atoms with Gasteiger partial charge in [0, 0.05) is 5.56 Å². The van der Waals surface area contributed by atoms with Crippen LogP contribution in [0.15, 0.2) is 6.07 Å². The van der Waals surface area contributed by atoms with E-state index < -0.39 is 18.8 Å². The molecule has 0 saturated carbocycles. The summed E-state index contributed by atoms with van der Waals surface area (Å²) in [6.45, 7) is 0.271. The van der Waals surface area contributed by atoms with Gasteiger partial charge in [0.1, 0.15) is 0 Å². The smallest absolute Gasteiger partial charge is 0.292 e. The van der Waals surface area contributed by atoms with Crippen molar-refractivity contribution >= 4 is 34.5 Å². The lowest BCUT2D eigenvalue weighted by Crippen LogP contribution is -2.26. The van der Waals surface area contributed by atoms with Gasteiger partial charge < -0.3 is 0 Å². The van der Waals surface area contributed by atoms with Crippen LogP contribution in [0, 0.1) is 0 Å². The van der Waals surface area contributed by atoms with Gasteiger partial charge >= 0.3 is 6.18 Å². The summed E-state index contributed by atoms with van der Waals surface area (Å²) in [5.41, 5.74) is 2.86. The third-order valence-corrected chi connectivity index (χ3v) is 3.16. The van der Waals surface area contributed by atoms with Gasteiger partial charge in [0.15, 0.2) is 6.61 Å². The maximum absolute atomic E-state index is 11.8. The van der Waals surface area contributed by atoms with Crippen molar-refractivity contribution in [3.05, 3.63) is 20.3 Å². The Morgan fingerprint density at radius 3 is 2.56 bits per heavy atom. The fourth-order valence-electron chi connectivity index (χ4n) is 0.960. The maximum atomic E-state index is 11.8. The monoisotopic (exact) mass is 293 g/mol. The molecule has 0 spiro atoms. The van der Waals surface area contributed by atoms with Gasteiger partial charge in [0.05, 0.1) is 14.7 Å². The first-order valence-electron chi connectivity index (χ1n) is 4.18. The molecule has 1 aromatic rings. The quantitative estimate of drug-likeness (QED) is 0.840. The van der Waals surface area contributed by atoms with Crippen molar-refractivity contribution in [1.82, 2.24) is 5.48 Å². The normalized spacial score (nSPS) is 14.1. The van der Waals surface area contributed by atoms with Gasteiger partial charge in [-0.05, 0) is 13.0 Å². The fourth-order valence-corrected chi connectivity index (χ4v) is 2.61. The summed E-state index contributed by atoms with van der Waals surface area (Å²) >= 11 is 12.7. The van der Waals surface area contributed by atoms with E-state index in [-0.39, 0.29) is 0 Å². The van der Waals surface area contributed by atoms with Crippen LogP contribution in [0.4, 0.5) is 13.2 Å². The number of thiophene rings is 1. The lowest BCUT2D eigenvalue weighted by molar-refractivity contribution is -0.192. The van der Waals surface area contributed by atoms with E-state index in [1.165, 1.54) is 0 Å². The SMILES string of the molecule is CC(NOCC(F)(F)F)c1cc(Cl)sc1Cl. The van der Waals surface area contributed by atoms with Crippen LogP contribution in [-0.4, -0.2) is 12.8 Å². The molecule has 0 aliphatic heterocycles. The molecule has 0 saturated heterocycles. The van der Waals surface area contributed by atoms with Crippen LogP contribution >= 0.6 is 34.5 Å². The van der Waals surface area contributed by atoms with E-state index in [4.69, 9.17) is 23.2 Å².